The number of urea groups is 1. The number of anilines is 1. The molecule has 10 atom stereocenters. The number of carbonyl (C=O) groups excluding carboxylic acids is 9. The SMILES string of the molecule is CNN(C)Cc1cc2ccccc2n1CCC(=O)N[C@@H](CCC(=O)O)C(=O)NCCOCCOCCC(=O)NC(C(=O)N[C@@H](CCCNC(N)=O)C(=O)N(C)[C@@H](C)C(=O)O[C@H]1CC(=O)N(C)c2cc(cc(OC)c2Cl)C/C(C)=C/C=C/[C@@H](OC)[C@@]2(O)C[C@H](OC(=O)N2)[C@@H](C)C[C@@H]1C)C(C)C. The number of aromatic nitrogens is 1. The molecule has 30 nitrogen and oxygen atoms in total. The number of ether oxygens (including phenoxy) is 6. The van der Waals surface area contributed by atoms with Crippen LogP contribution in [0.25, 0.3) is 10.9 Å². The number of nitrogens with two attached hydrogens (primary N) is 1. The molecule has 2 aliphatic heterocycles. The number of primary amides is 1. The van der Waals surface area contributed by atoms with E-state index >= 15 is 0 Å². The lowest BCUT2D eigenvalue weighted by atomic mass is 9.83. The van der Waals surface area contributed by atoms with Crippen LogP contribution in [0, 0.1) is 17.8 Å². The fraction of sp³-hybridized carbons (Fsp3) is 0.594. The van der Waals surface area contributed by atoms with Crippen molar-refractivity contribution in [2.45, 2.75) is 167 Å². The molecule has 2 aliphatic rings. The number of esters is 1. The van der Waals surface area contributed by atoms with Gasteiger partial charge in [-0.25, -0.2) is 19.4 Å². The van der Waals surface area contributed by atoms with E-state index in [-0.39, 0.29) is 102 Å². The number of hydrogen-bond donors (Lipinski definition) is 10. The summed E-state index contributed by atoms with van der Waals surface area (Å²) < 4.78 is 36.5. The number of fused-ring (bicyclic) bond motifs is 5. The van der Waals surface area contributed by atoms with Gasteiger partial charge in [-0.1, -0.05) is 81.3 Å². The van der Waals surface area contributed by atoms with Gasteiger partial charge in [-0.2, -0.15) is 0 Å². The van der Waals surface area contributed by atoms with Crippen LogP contribution in [0.1, 0.15) is 111 Å². The van der Waals surface area contributed by atoms with Crippen LogP contribution in [-0.2, 0) is 81.6 Å². The van der Waals surface area contributed by atoms with Crippen molar-refractivity contribution in [2.75, 3.05) is 86.8 Å². The smallest absolute Gasteiger partial charge is 0.409 e. The Labute approximate surface area is 589 Å². The van der Waals surface area contributed by atoms with Gasteiger partial charge in [0.25, 0.3) is 0 Å². The number of alkyl carbamates (subject to hydrolysis) is 1. The average molecular weight is 1420 g/mol. The molecule has 3 heterocycles. The van der Waals surface area contributed by atoms with Crippen LogP contribution in [0.3, 0.4) is 0 Å². The van der Waals surface area contributed by atoms with Crippen LogP contribution >= 0.6 is 11.6 Å². The summed E-state index contributed by atoms with van der Waals surface area (Å²) in [5, 5.41) is 40.2. The number of likely N-dealkylation sites (N-methyl/N-ethyl adjacent to an activating group) is 1. The van der Waals surface area contributed by atoms with E-state index in [1.54, 1.807) is 59.0 Å². The number of carbonyl (C=O) groups is 10. The number of hydrogen-bond acceptors (Lipinski definition) is 19. The number of allylic oxidation sites excluding steroid dienone is 3. The Morgan fingerprint density at radius 3 is 2.24 bits per heavy atom. The van der Waals surface area contributed by atoms with Crippen LogP contribution in [0.15, 0.2) is 66.3 Å². The topological polar surface area (TPSA) is 391 Å². The Balaban J connectivity index is 1.18. The standard InChI is InChI=1S/C69H103ClN12O18/c1-41(2)62(77-58(84)25-29-97-31-32-98-30-27-73-63(88)49(22-23-60(86)87)75-57(83)24-28-82-48(40-79(8)72-7)37-47-18-13-14-20-51(47)82)64(89)76-50(19-16-26-74-67(71)92)65(90)80(9)45(6)66(91)99-53-38-59(85)81(10)52-35-46(36-54(95-11)61(52)70)33-42(3)17-15-21-56(96-12)69(94)39-55(100-68(93)78-69)44(5)34-43(53)4/h13-15,17-18,20-21,35-37,41,43-45,49-50,53,55-56,62,72,94H,16,19,22-34,38-40H2,1-12H3,(H,73,88)(H,75,83)(H,76,89)(H,77,84)(H,78,93)(H,86,87)(H3,71,74,92)/b21-15+,42-17+/t43-,44-,45-,49-,50-,53-,55-,56+,62?,69-/m0/s1. The number of aryl methyl sites for hydroxylation is 1. The molecule has 2 aromatic carbocycles. The average Bonchev–Trinajstić information content (AvgIpc) is 1.16. The van der Waals surface area contributed by atoms with Crippen molar-refractivity contribution in [3.63, 3.8) is 0 Å². The largest absolute Gasteiger partial charge is 0.495 e. The monoisotopic (exact) mass is 1420 g/mol. The van der Waals surface area contributed by atoms with Crippen molar-refractivity contribution in [3.8, 4) is 5.75 Å². The molecular formula is C69H103ClN12O18. The Morgan fingerprint density at radius 2 is 1.57 bits per heavy atom. The second-order valence-corrected chi connectivity index (χ2v) is 26.2. The Bertz CT molecular complexity index is 3370. The van der Waals surface area contributed by atoms with E-state index in [0.717, 1.165) is 32.6 Å². The molecule has 1 fully saturated rings. The minimum atomic E-state index is -1.89. The van der Waals surface area contributed by atoms with Crippen LogP contribution in [0.5, 0.6) is 5.75 Å². The molecule has 0 saturated carbocycles. The molecular weight excluding hydrogens is 1320 g/mol. The molecule has 1 unspecified atom stereocenters. The Morgan fingerprint density at radius 1 is 0.870 bits per heavy atom. The lowest BCUT2D eigenvalue weighted by molar-refractivity contribution is -0.162. The van der Waals surface area contributed by atoms with E-state index in [1.807, 2.05) is 53.9 Å². The van der Waals surface area contributed by atoms with Crippen molar-refractivity contribution >= 4 is 87.7 Å². The highest BCUT2D eigenvalue weighted by Gasteiger charge is 2.47. The summed E-state index contributed by atoms with van der Waals surface area (Å²) in [6.07, 6.45) is 0.775. The first-order chi connectivity index (χ1) is 47.4. The van der Waals surface area contributed by atoms with Gasteiger partial charge in [0.05, 0.1) is 52.2 Å². The third-order valence-corrected chi connectivity index (χ3v) is 18.1. The summed E-state index contributed by atoms with van der Waals surface area (Å²) in [5.41, 5.74) is 10.3. The summed E-state index contributed by atoms with van der Waals surface area (Å²) in [7, 11) is 9.42. The summed E-state index contributed by atoms with van der Waals surface area (Å²) in [5.74, 6) is -6.90. The van der Waals surface area contributed by atoms with Crippen molar-refractivity contribution in [1.29, 1.82) is 0 Å². The number of aliphatic hydroxyl groups is 1. The number of methoxy groups -OCH3 is 2. The molecule has 554 valence electrons. The summed E-state index contributed by atoms with van der Waals surface area (Å²) >= 11 is 6.86. The maximum absolute atomic E-state index is 14.6. The van der Waals surface area contributed by atoms with Gasteiger partial charge in [0.2, 0.25) is 35.4 Å². The number of nitrogens with zero attached hydrogens (tertiary/aromatic N) is 4. The third-order valence-electron chi connectivity index (χ3n) is 17.7. The third kappa shape index (κ3) is 25.0. The summed E-state index contributed by atoms with van der Waals surface area (Å²) in [4.78, 5) is 136. The molecule has 31 heteroatoms. The van der Waals surface area contributed by atoms with Crippen LogP contribution in [-0.4, -0.2) is 214 Å². The van der Waals surface area contributed by atoms with Crippen molar-refractivity contribution in [3.05, 3.63) is 82.5 Å². The molecule has 0 spiro atoms. The van der Waals surface area contributed by atoms with Gasteiger partial charge in [-0.3, -0.25) is 44.3 Å². The number of hydrazine groups is 1. The highest BCUT2D eigenvalue weighted by molar-refractivity contribution is 6.35. The number of para-hydroxylation sites is 1. The zero-order chi connectivity index (χ0) is 74.0. The first-order valence-electron chi connectivity index (χ1n) is 33.6. The minimum Gasteiger partial charge on any atom is -0.495 e. The number of nitrogens with one attached hydrogen (secondary N) is 7. The predicted molar refractivity (Wildman–Crippen MR) is 372 cm³/mol. The van der Waals surface area contributed by atoms with E-state index < -0.39 is 125 Å². The number of benzene rings is 2. The number of amides is 9. The van der Waals surface area contributed by atoms with E-state index in [0.29, 0.717) is 30.9 Å². The van der Waals surface area contributed by atoms with Gasteiger partial charge >= 0.3 is 24.1 Å². The Kier molecular flexibility index (Phi) is 33.0. The Hall–Kier alpha value is -8.39. The van der Waals surface area contributed by atoms with Crippen LogP contribution < -0.4 is 52.7 Å². The maximum atomic E-state index is 14.6. The zero-order valence-corrected chi connectivity index (χ0v) is 60.2. The van der Waals surface area contributed by atoms with Gasteiger partial charge in [-0.05, 0) is 106 Å². The van der Waals surface area contributed by atoms with E-state index in [4.69, 9.17) is 45.8 Å². The van der Waals surface area contributed by atoms with Gasteiger partial charge in [-0.15, -0.1) is 0 Å². The molecule has 3 aromatic rings. The van der Waals surface area contributed by atoms with E-state index in [1.165, 1.54) is 40.1 Å². The normalized spacial score (nSPS) is 21.1. The number of rotatable bonds is 34. The fourth-order valence-corrected chi connectivity index (χ4v) is 12.0. The van der Waals surface area contributed by atoms with Crippen molar-refractivity contribution in [2.24, 2.45) is 23.5 Å². The summed E-state index contributed by atoms with van der Waals surface area (Å²) in [6.45, 7) is 11.2. The molecule has 100 heavy (non-hydrogen) atoms. The first-order valence-corrected chi connectivity index (χ1v) is 34.0. The molecule has 4 bridgehead atoms. The molecule has 1 saturated heterocycles. The van der Waals surface area contributed by atoms with Gasteiger partial charge in [0.15, 0.2) is 5.72 Å². The van der Waals surface area contributed by atoms with Crippen molar-refractivity contribution in [1.82, 2.24) is 51.8 Å². The van der Waals surface area contributed by atoms with Crippen LogP contribution in [0.4, 0.5) is 15.3 Å². The van der Waals surface area contributed by atoms with Crippen molar-refractivity contribution < 1.29 is 86.6 Å². The quantitative estimate of drug-likeness (QED) is 0.0230. The molecule has 11 N–H and O–H groups in total. The van der Waals surface area contributed by atoms with Gasteiger partial charge in [0, 0.05) is 84.8 Å². The molecule has 0 radical (unpaired) electrons. The fourth-order valence-electron chi connectivity index (χ4n) is 11.7. The molecule has 5 rings (SSSR count). The number of carboxylic acids is 1. The second-order valence-electron chi connectivity index (χ2n) is 25.8. The highest BCUT2D eigenvalue weighted by atomic mass is 35.5. The maximum Gasteiger partial charge on any atom is 0.409 e. The number of halogens is 1. The lowest BCUT2D eigenvalue weighted by Crippen LogP contribution is -2.63. The van der Waals surface area contributed by atoms with Gasteiger partial charge < -0.3 is 85.3 Å². The molecule has 9 amide bonds. The second kappa shape index (κ2) is 40.2. The van der Waals surface area contributed by atoms with E-state index in [2.05, 4.69) is 43.4 Å². The molecule has 1 aromatic heterocycles. The zero-order valence-electron chi connectivity index (χ0n) is 59.4. The predicted octanol–water partition coefficient (Wildman–Crippen LogP) is 3.96. The first kappa shape index (κ1) is 82.3. The lowest BCUT2D eigenvalue weighted by Gasteiger charge is -2.42. The van der Waals surface area contributed by atoms with Gasteiger partial charge in [0.1, 0.15) is 53.3 Å². The number of carboxylic acid groups (broad SMARTS) is 1. The van der Waals surface area contributed by atoms with Crippen LogP contribution in [0.2, 0.25) is 5.02 Å². The summed E-state index contributed by atoms with van der Waals surface area (Å²) in [6, 6.07) is 7.60. The number of aliphatic carboxylic acids is 1. The molecule has 0 aliphatic carbocycles. The highest BCUT2D eigenvalue weighted by Crippen LogP contribution is 2.38. The minimum absolute atomic E-state index is 0.0191. The van der Waals surface area contributed by atoms with E-state index in [9.17, 15) is 58.2 Å².